The number of rotatable bonds is 4. The number of carbonyl (C=O) groups excluding carboxylic acids is 2. The number of phenols is 1. The van der Waals surface area contributed by atoms with Gasteiger partial charge in [-0.25, -0.2) is 0 Å². The predicted molar refractivity (Wildman–Crippen MR) is 103 cm³/mol. The van der Waals surface area contributed by atoms with Crippen molar-refractivity contribution in [1.29, 1.82) is 0 Å². The third kappa shape index (κ3) is 3.82. The second-order valence-electron chi connectivity index (χ2n) is 5.45. The smallest absolute Gasteiger partial charge is 0.293 e. The Morgan fingerprint density at radius 1 is 1.15 bits per heavy atom. The molecule has 0 unspecified atom stereocenters. The molecule has 2 aromatic rings. The van der Waals surface area contributed by atoms with Crippen molar-refractivity contribution in [3.8, 4) is 11.5 Å². The molecule has 3 rings (SSSR count). The molecule has 0 saturated carbocycles. The molecule has 1 aliphatic heterocycles. The van der Waals surface area contributed by atoms with Crippen LogP contribution in [0.2, 0.25) is 10.0 Å². The average Bonchev–Trinajstić information content (AvgIpc) is 2.86. The van der Waals surface area contributed by atoms with Crippen LogP contribution in [0.15, 0.2) is 41.3 Å². The van der Waals surface area contributed by atoms with E-state index in [1.165, 1.54) is 13.2 Å². The van der Waals surface area contributed by atoms with Crippen LogP contribution in [0.25, 0.3) is 6.08 Å². The van der Waals surface area contributed by atoms with Gasteiger partial charge < -0.3 is 9.84 Å². The number of carbonyl (C=O) groups is 2. The molecule has 1 N–H and O–H groups in total. The lowest BCUT2D eigenvalue weighted by Crippen LogP contribution is -2.27. The highest BCUT2D eigenvalue weighted by Gasteiger charge is 2.35. The number of hydrogen-bond acceptors (Lipinski definition) is 5. The molecule has 26 heavy (non-hydrogen) atoms. The van der Waals surface area contributed by atoms with Crippen LogP contribution in [0.5, 0.6) is 11.5 Å². The van der Waals surface area contributed by atoms with Gasteiger partial charge in [-0.15, -0.1) is 0 Å². The van der Waals surface area contributed by atoms with Crippen molar-refractivity contribution < 1.29 is 19.4 Å². The summed E-state index contributed by atoms with van der Waals surface area (Å²) in [5.41, 5.74) is 1.29. The Morgan fingerprint density at radius 2 is 1.92 bits per heavy atom. The summed E-state index contributed by atoms with van der Waals surface area (Å²) in [6.45, 7) is 0.104. The standard InChI is InChI=1S/C18H13Cl2NO4S/c1-25-15-5-3-10(7-14(15)22)8-16-17(23)21(18(24)26-16)9-11-2-4-12(19)13(20)6-11/h2-8,22H,9H2,1H3. The summed E-state index contributed by atoms with van der Waals surface area (Å²) in [5.74, 6) is -0.118. The highest BCUT2D eigenvalue weighted by atomic mass is 35.5. The number of benzene rings is 2. The molecular weight excluding hydrogens is 397 g/mol. The SMILES string of the molecule is COc1ccc(C=C2SC(=O)N(Cc3ccc(Cl)c(Cl)c3)C2=O)cc1O. The van der Waals surface area contributed by atoms with E-state index in [2.05, 4.69) is 0 Å². The van der Waals surface area contributed by atoms with Crippen molar-refractivity contribution in [1.82, 2.24) is 4.90 Å². The van der Waals surface area contributed by atoms with Crippen molar-refractivity contribution in [2.75, 3.05) is 7.11 Å². The van der Waals surface area contributed by atoms with Crippen molar-refractivity contribution in [2.24, 2.45) is 0 Å². The van der Waals surface area contributed by atoms with Crippen LogP contribution in [0.3, 0.4) is 0 Å². The van der Waals surface area contributed by atoms with Crippen LogP contribution in [0, 0.1) is 0 Å². The van der Waals surface area contributed by atoms with E-state index in [0.717, 1.165) is 16.7 Å². The first-order valence-corrected chi connectivity index (χ1v) is 9.02. The number of nitrogens with zero attached hydrogens (tertiary/aromatic N) is 1. The molecule has 1 saturated heterocycles. The third-order valence-corrected chi connectivity index (χ3v) is 5.35. The molecule has 0 radical (unpaired) electrons. The van der Waals surface area contributed by atoms with Gasteiger partial charge in [-0.3, -0.25) is 14.5 Å². The van der Waals surface area contributed by atoms with Gasteiger partial charge in [0.05, 0.1) is 28.6 Å². The van der Waals surface area contributed by atoms with Gasteiger partial charge in [0, 0.05) is 0 Å². The maximum Gasteiger partial charge on any atom is 0.293 e. The molecule has 0 aromatic heterocycles. The van der Waals surface area contributed by atoms with E-state index < -0.39 is 5.91 Å². The van der Waals surface area contributed by atoms with Gasteiger partial charge in [0.25, 0.3) is 11.1 Å². The zero-order valence-corrected chi connectivity index (χ0v) is 15.9. The van der Waals surface area contributed by atoms with E-state index in [1.54, 1.807) is 36.4 Å². The van der Waals surface area contributed by atoms with Gasteiger partial charge >= 0.3 is 0 Å². The molecule has 0 atom stereocenters. The zero-order chi connectivity index (χ0) is 18.8. The van der Waals surface area contributed by atoms with Gasteiger partial charge in [-0.05, 0) is 53.2 Å². The van der Waals surface area contributed by atoms with Crippen molar-refractivity contribution in [2.45, 2.75) is 6.54 Å². The number of ether oxygens (including phenoxy) is 1. The summed E-state index contributed by atoms with van der Waals surface area (Å²) in [5, 5.41) is 10.2. The summed E-state index contributed by atoms with van der Waals surface area (Å²) in [4.78, 5) is 26.2. The molecule has 1 aliphatic rings. The molecular formula is C18H13Cl2NO4S. The molecule has 0 spiro atoms. The highest BCUT2D eigenvalue weighted by molar-refractivity contribution is 8.18. The fourth-order valence-corrected chi connectivity index (χ4v) is 3.56. The minimum Gasteiger partial charge on any atom is -0.504 e. The lowest BCUT2D eigenvalue weighted by molar-refractivity contribution is -0.123. The van der Waals surface area contributed by atoms with E-state index in [0.29, 0.717) is 26.9 Å². The maximum atomic E-state index is 12.6. The predicted octanol–water partition coefficient (Wildman–Crippen LogP) is 4.94. The first kappa shape index (κ1) is 18.6. The van der Waals surface area contributed by atoms with Crippen LogP contribution >= 0.6 is 35.0 Å². The van der Waals surface area contributed by atoms with Crippen LogP contribution < -0.4 is 4.74 Å². The van der Waals surface area contributed by atoms with Gasteiger partial charge in [0.2, 0.25) is 0 Å². The van der Waals surface area contributed by atoms with Crippen molar-refractivity contribution in [3.05, 3.63) is 62.5 Å². The Kier molecular flexibility index (Phi) is 5.46. The van der Waals surface area contributed by atoms with E-state index in [9.17, 15) is 14.7 Å². The van der Waals surface area contributed by atoms with Crippen LogP contribution in [0.1, 0.15) is 11.1 Å². The fraction of sp³-hybridized carbons (Fsp3) is 0.111. The monoisotopic (exact) mass is 409 g/mol. The molecule has 0 aliphatic carbocycles. The highest BCUT2D eigenvalue weighted by Crippen LogP contribution is 2.35. The Morgan fingerprint density at radius 3 is 2.58 bits per heavy atom. The maximum absolute atomic E-state index is 12.6. The van der Waals surface area contributed by atoms with E-state index in [4.69, 9.17) is 27.9 Å². The summed E-state index contributed by atoms with van der Waals surface area (Å²) >= 11 is 12.7. The van der Waals surface area contributed by atoms with Gasteiger partial charge in [-0.1, -0.05) is 35.3 Å². The molecule has 2 amide bonds. The van der Waals surface area contributed by atoms with Gasteiger partial charge in [-0.2, -0.15) is 0 Å². The van der Waals surface area contributed by atoms with Gasteiger partial charge in [0.15, 0.2) is 11.5 Å². The van der Waals surface area contributed by atoms with Crippen LogP contribution in [-0.2, 0) is 11.3 Å². The largest absolute Gasteiger partial charge is 0.504 e. The number of methoxy groups -OCH3 is 1. The summed E-state index contributed by atoms with van der Waals surface area (Å²) < 4.78 is 4.98. The second kappa shape index (κ2) is 7.61. The van der Waals surface area contributed by atoms with Crippen LogP contribution in [0.4, 0.5) is 4.79 Å². The summed E-state index contributed by atoms with van der Waals surface area (Å²) in [6, 6.07) is 9.69. The average molecular weight is 410 g/mol. The minimum atomic E-state index is -0.401. The first-order chi connectivity index (χ1) is 12.4. The molecule has 5 nitrogen and oxygen atoms in total. The van der Waals surface area contributed by atoms with E-state index >= 15 is 0 Å². The summed E-state index contributed by atoms with van der Waals surface area (Å²) in [6.07, 6.45) is 1.55. The molecule has 2 aromatic carbocycles. The number of imide groups is 1. The number of phenolic OH excluding ortho intramolecular Hbond substituents is 1. The first-order valence-electron chi connectivity index (χ1n) is 7.45. The fourth-order valence-electron chi connectivity index (χ4n) is 2.41. The Hall–Kier alpha value is -2.15. The number of aromatic hydroxyl groups is 1. The van der Waals surface area contributed by atoms with E-state index in [1.807, 2.05) is 0 Å². The van der Waals surface area contributed by atoms with Crippen LogP contribution in [-0.4, -0.2) is 28.3 Å². The number of amides is 2. The quantitative estimate of drug-likeness (QED) is 0.723. The van der Waals surface area contributed by atoms with Crippen molar-refractivity contribution in [3.63, 3.8) is 0 Å². The summed E-state index contributed by atoms with van der Waals surface area (Å²) in [7, 11) is 1.45. The molecule has 1 fully saturated rings. The molecule has 134 valence electrons. The zero-order valence-electron chi connectivity index (χ0n) is 13.5. The number of thioether (sulfide) groups is 1. The minimum absolute atomic E-state index is 0.0451. The number of hydrogen-bond donors (Lipinski definition) is 1. The normalized spacial score (nSPS) is 15.8. The lowest BCUT2D eigenvalue weighted by atomic mass is 10.1. The Labute approximate surface area is 164 Å². The topological polar surface area (TPSA) is 66.8 Å². The second-order valence-corrected chi connectivity index (χ2v) is 7.26. The lowest BCUT2D eigenvalue weighted by Gasteiger charge is -2.12. The third-order valence-electron chi connectivity index (χ3n) is 3.70. The number of halogens is 2. The molecule has 8 heteroatoms. The molecule has 0 bridgehead atoms. The molecule has 1 heterocycles. The van der Waals surface area contributed by atoms with Crippen molar-refractivity contribution >= 4 is 52.2 Å². The Balaban J connectivity index is 1.82. The van der Waals surface area contributed by atoms with E-state index in [-0.39, 0.29) is 22.4 Å². The Bertz CT molecular complexity index is 929. The van der Waals surface area contributed by atoms with Gasteiger partial charge in [0.1, 0.15) is 0 Å².